The fourth-order valence-electron chi connectivity index (χ4n) is 3.15. The van der Waals surface area contributed by atoms with Gasteiger partial charge in [0.2, 0.25) is 11.8 Å². The molecule has 2 amide bonds. The average Bonchev–Trinajstić information content (AvgIpc) is 2.97. The summed E-state index contributed by atoms with van der Waals surface area (Å²) in [6.45, 7) is 4.46. The zero-order valence-electron chi connectivity index (χ0n) is 15.3. The predicted molar refractivity (Wildman–Crippen MR) is 102 cm³/mol. The van der Waals surface area contributed by atoms with Crippen molar-refractivity contribution in [1.29, 1.82) is 0 Å². The second-order valence-electron chi connectivity index (χ2n) is 6.84. The normalized spacial score (nSPS) is 16.4. The molecule has 0 bridgehead atoms. The van der Waals surface area contributed by atoms with Gasteiger partial charge in [0.15, 0.2) is 0 Å². The average molecular weight is 367 g/mol. The number of hydrogen-bond acceptors (Lipinski definition) is 4. The van der Waals surface area contributed by atoms with Crippen molar-refractivity contribution in [1.82, 2.24) is 5.32 Å². The van der Waals surface area contributed by atoms with E-state index in [0.717, 1.165) is 11.3 Å². The number of nitrogens with zero attached hydrogens (tertiary/aromatic N) is 2. The highest BCUT2D eigenvalue weighted by molar-refractivity contribution is 5.97. The van der Waals surface area contributed by atoms with Gasteiger partial charge in [-0.15, -0.1) is 0 Å². The van der Waals surface area contributed by atoms with Crippen LogP contribution in [0.25, 0.3) is 0 Å². The number of rotatable bonds is 5. The number of amides is 2. The SMILES string of the molecule is Cc1ccc(N2CC(NC(=O)Cc3ccc([N+](=O)[O-])cc3)CC2=O)cc1C. The van der Waals surface area contributed by atoms with Gasteiger partial charge in [-0.25, -0.2) is 0 Å². The maximum Gasteiger partial charge on any atom is 0.269 e. The Hall–Kier alpha value is -3.22. The molecule has 1 heterocycles. The summed E-state index contributed by atoms with van der Waals surface area (Å²) in [7, 11) is 0. The zero-order valence-corrected chi connectivity index (χ0v) is 15.3. The smallest absolute Gasteiger partial charge is 0.269 e. The van der Waals surface area contributed by atoms with E-state index in [0.29, 0.717) is 12.1 Å². The number of benzene rings is 2. The molecule has 0 aliphatic carbocycles. The van der Waals surface area contributed by atoms with Crippen molar-refractivity contribution in [3.05, 3.63) is 69.3 Å². The highest BCUT2D eigenvalue weighted by atomic mass is 16.6. The van der Waals surface area contributed by atoms with E-state index >= 15 is 0 Å². The highest BCUT2D eigenvalue weighted by Gasteiger charge is 2.31. The van der Waals surface area contributed by atoms with Crippen LogP contribution in [0.2, 0.25) is 0 Å². The molecule has 7 heteroatoms. The van der Waals surface area contributed by atoms with Crippen LogP contribution in [0, 0.1) is 24.0 Å². The highest BCUT2D eigenvalue weighted by Crippen LogP contribution is 2.24. The van der Waals surface area contributed by atoms with Gasteiger partial charge in [-0.1, -0.05) is 18.2 Å². The van der Waals surface area contributed by atoms with Crippen molar-refractivity contribution < 1.29 is 14.5 Å². The first kappa shape index (κ1) is 18.6. The second-order valence-corrected chi connectivity index (χ2v) is 6.84. The van der Waals surface area contributed by atoms with Gasteiger partial charge < -0.3 is 10.2 Å². The molecule has 1 fully saturated rings. The molecule has 2 aromatic rings. The third-order valence-corrected chi connectivity index (χ3v) is 4.80. The van der Waals surface area contributed by atoms with E-state index in [1.54, 1.807) is 17.0 Å². The lowest BCUT2D eigenvalue weighted by atomic mass is 10.1. The molecule has 0 saturated carbocycles. The summed E-state index contributed by atoms with van der Waals surface area (Å²) in [6.07, 6.45) is 0.380. The maximum absolute atomic E-state index is 12.3. The van der Waals surface area contributed by atoms with Gasteiger partial charge >= 0.3 is 0 Å². The molecular formula is C20H21N3O4. The monoisotopic (exact) mass is 367 g/mol. The summed E-state index contributed by atoms with van der Waals surface area (Å²) in [6, 6.07) is 11.5. The van der Waals surface area contributed by atoms with Crippen LogP contribution < -0.4 is 10.2 Å². The molecule has 2 aromatic carbocycles. The quantitative estimate of drug-likeness (QED) is 0.649. The van der Waals surface area contributed by atoms with Gasteiger partial charge in [0.25, 0.3) is 5.69 Å². The summed E-state index contributed by atoms with van der Waals surface area (Å²) >= 11 is 0. The van der Waals surface area contributed by atoms with Gasteiger partial charge in [0.1, 0.15) is 0 Å². The molecule has 0 spiro atoms. The number of carbonyl (C=O) groups excluding carboxylic acids is 2. The van der Waals surface area contributed by atoms with Gasteiger partial charge in [-0.2, -0.15) is 0 Å². The molecule has 3 rings (SSSR count). The predicted octanol–water partition coefficient (Wildman–Crippen LogP) is 2.68. The van der Waals surface area contributed by atoms with Gasteiger partial charge in [-0.05, 0) is 42.7 Å². The third-order valence-electron chi connectivity index (χ3n) is 4.80. The lowest BCUT2D eigenvalue weighted by Gasteiger charge is -2.18. The Morgan fingerprint density at radius 2 is 1.89 bits per heavy atom. The van der Waals surface area contributed by atoms with E-state index in [1.165, 1.54) is 17.7 Å². The Kier molecular flexibility index (Phi) is 5.21. The van der Waals surface area contributed by atoms with Crippen LogP contribution in [0.1, 0.15) is 23.1 Å². The first-order chi connectivity index (χ1) is 12.8. The van der Waals surface area contributed by atoms with Crippen molar-refractivity contribution in [3.63, 3.8) is 0 Å². The fraction of sp³-hybridized carbons (Fsp3) is 0.300. The minimum absolute atomic E-state index is 0.00965. The lowest BCUT2D eigenvalue weighted by molar-refractivity contribution is -0.384. The van der Waals surface area contributed by atoms with Crippen LogP contribution in [0.15, 0.2) is 42.5 Å². The standard InChI is InChI=1S/C20H21N3O4/c1-13-3-6-18(9-14(13)2)22-12-16(11-20(22)25)21-19(24)10-15-4-7-17(8-5-15)23(26)27/h3-9,16H,10-12H2,1-2H3,(H,21,24). The van der Waals surface area contributed by atoms with Crippen LogP contribution in [0.5, 0.6) is 0 Å². The Morgan fingerprint density at radius 3 is 2.52 bits per heavy atom. The summed E-state index contributed by atoms with van der Waals surface area (Å²) in [4.78, 5) is 36.5. The number of aryl methyl sites for hydroxylation is 2. The molecule has 7 nitrogen and oxygen atoms in total. The van der Waals surface area contributed by atoms with E-state index in [2.05, 4.69) is 5.32 Å². The van der Waals surface area contributed by atoms with E-state index in [9.17, 15) is 19.7 Å². The van der Waals surface area contributed by atoms with Crippen LogP contribution in [-0.2, 0) is 16.0 Å². The summed E-state index contributed by atoms with van der Waals surface area (Å²) in [5.74, 6) is -0.220. The minimum atomic E-state index is -0.477. The number of carbonyl (C=O) groups is 2. The summed E-state index contributed by atoms with van der Waals surface area (Å²) in [5.41, 5.74) is 3.80. The number of nitro benzene ring substituents is 1. The van der Waals surface area contributed by atoms with Crippen LogP contribution in [0.4, 0.5) is 11.4 Å². The molecule has 1 saturated heterocycles. The lowest BCUT2D eigenvalue weighted by Crippen LogP contribution is -2.38. The third kappa shape index (κ3) is 4.31. The Morgan fingerprint density at radius 1 is 1.19 bits per heavy atom. The Balaban J connectivity index is 1.59. The van der Waals surface area contributed by atoms with Crippen molar-refractivity contribution in [2.45, 2.75) is 32.7 Å². The number of nitro groups is 1. The first-order valence-corrected chi connectivity index (χ1v) is 8.74. The van der Waals surface area contributed by atoms with Gasteiger partial charge in [-0.3, -0.25) is 19.7 Å². The van der Waals surface area contributed by atoms with E-state index in [4.69, 9.17) is 0 Å². The molecule has 1 atom stereocenters. The number of nitrogens with one attached hydrogen (secondary N) is 1. The minimum Gasteiger partial charge on any atom is -0.351 e. The van der Waals surface area contributed by atoms with Crippen LogP contribution >= 0.6 is 0 Å². The Bertz CT molecular complexity index is 893. The van der Waals surface area contributed by atoms with E-state index in [1.807, 2.05) is 32.0 Å². The van der Waals surface area contributed by atoms with Crippen LogP contribution in [0.3, 0.4) is 0 Å². The molecule has 27 heavy (non-hydrogen) atoms. The maximum atomic E-state index is 12.3. The largest absolute Gasteiger partial charge is 0.351 e. The van der Waals surface area contributed by atoms with E-state index in [-0.39, 0.29) is 36.4 Å². The molecule has 1 unspecified atom stereocenters. The molecule has 0 radical (unpaired) electrons. The van der Waals surface area contributed by atoms with Crippen molar-refractivity contribution in [3.8, 4) is 0 Å². The van der Waals surface area contributed by atoms with E-state index < -0.39 is 4.92 Å². The zero-order chi connectivity index (χ0) is 19.6. The molecule has 1 aliphatic rings. The number of hydrogen-bond donors (Lipinski definition) is 1. The summed E-state index contributed by atoms with van der Waals surface area (Å²) < 4.78 is 0. The van der Waals surface area contributed by atoms with Crippen LogP contribution in [-0.4, -0.2) is 29.3 Å². The van der Waals surface area contributed by atoms with Gasteiger partial charge in [0.05, 0.1) is 17.4 Å². The number of non-ortho nitro benzene ring substituents is 1. The molecule has 0 aromatic heterocycles. The first-order valence-electron chi connectivity index (χ1n) is 8.74. The fourth-order valence-corrected chi connectivity index (χ4v) is 3.15. The molecule has 1 aliphatic heterocycles. The van der Waals surface area contributed by atoms with Crippen molar-refractivity contribution in [2.75, 3.05) is 11.4 Å². The topological polar surface area (TPSA) is 92.6 Å². The molecular weight excluding hydrogens is 346 g/mol. The second kappa shape index (κ2) is 7.57. The van der Waals surface area contributed by atoms with Crippen molar-refractivity contribution in [2.24, 2.45) is 0 Å². The number of anilines is 1. The molecule has 140 valence electrons. The van der Waals surface area contributed by atoms with Crippen molar-refractivity contribution >= 4 is 23.2 Å². The van der Waals surface area contributed by atoms with Gasteiger partial charge in [0, 0.05) is 30.8 Å². The Labute approximate surface area is 157 Å². The summed E-state index contributed by atoms with van der Waals surface area (Å²) in [5, 5.41) is 13.6. The molecule has 1 N–H and O–H groups in total.